The molecule has 4 rings (SSSR count). The number of hydrogen-bond donors (Lipinski definition) is 2. The number of imide groups is 2. The molecule has 1 aliphatic rings. The Balaban J connectivity index is 1.57. The summed E-state index contributed by atoms with van der Waals surface area (Å²) in [5, 5.41) is 12.0. The number of carbonyl (C=O) groups excluding carboxylic acids is 3. The topological polar surface area (TPSA) is 105 Å². The SMILES string of the molecule is COc1cc(C=C2C(=O)NC(=O)N(c3ccc(OCc4ccccc4)cc3)C2=O)cc(Cl)c1O. The van der Waals surface area contributed by atoms with E-state index in [1.54, 1.807) is 24.3 Å². The number of methoxy groups -OCH3 is 1. The third-order valence-corrected chi connectivity index (χ3v) is 5.31. The Morgan fingerprint density at radius 3 is 2.41 bits per heavy atom. The minimum absolute atomic E-state index is 0.0195. The van der Waals surface area contributed by atoms with Crippen LogP contribution in [0.2, 0.25) is 5.02 Å². The van der Waals surface area contributed by atoms with E-state index in [0.717, 1.165) is 10.5 Å². The van der Waals surface area contributed by atoms with E-state index in [0.29, 0.717) is 17.9 Å². The number of rotatable bonds is 6. The lowest BCUT2D eigenvalue weighted by atomic mass is 10.1. The minimum atomic E-state index is -0.869. The zero-order valence-electron chi connectivity index (χ0n) is 17.9. The highest BCUT2D eigenvalue weighted by Crippen LogP contribution is 2.36. The maximum atomic E-state index is 13.1. The van der Waals surface area contributed by atoms with Crippen LogP contribution in [-0.2, 0) is 16.2 Å². The fourth-order valence-electron chi connectivity index (χ4n) is 3.32. The fourth-order valence-corrected chi connectivity index (χ4v) is 3.54. The molecular weight excluding hydrogens is 460 g/mol. The molecule has 4 amide bonds. The number of benzene rings is 3. The predicted octanol–water partition coefficient (Wildman–Crippen LogP) is 4.30. The van der Waals surface area contributed by atoms with Crippen LogP contribution in [0.25, 0.3) is 6.08 Å². The predicted molar refractivity (Wildman–Crippen MR) is 126 cm³/mol. The molecule has 1 heterocycles. The van der Waals surface area contributed by atoms with E-state index in [-0.39, 0.29) is 27.8 Å². The van der Waals surface area contributed by atoms with Gasteiger partial charge in [0, 0.05) is 0 Å². The van der Waals surface area contributed by atoms with Gasteiger partial charge in [-0.25, -0.2) is 9.69 Å². The summed E-state index contributed by atoms with van der Waals surface area (Å²) in [6.45, 7) is 0.364. The van der Waals surface area contributed by atoms with Crippen LogP contribution in [0.5, 0.6) is 17.2 Å². The second-order valence-electron chi connectivity index (χ2n) is 7.28. The Morgan fingerprint density at radius 2 is 1.74 bits per heavy atom. The summed E-state index contributed by atoms with van der Waals surface area (Å²) >= 11 is 5.99. The van der Waals surface area contributed by atoms with Gasteiger partial charge in [-0.05, 0) is 53.6 Å². The molecule has 9 heteroatoms. The molecule has 8 nitrogen and oxygen atoms in total. The summed E-state index contributed by atoms with van der Waals surface area (Å²) in [5.74, 6) is -1.30. The largest absolute Gasteiger partial charge is 0.503 e. The van der Waals surface area contributed by atoms with E-state index in [4.69, 9.17) is 21.1 Å². The number of anilines is 1. The van der Waals surface area contributed by atoms with Crippen molar-refractivity contribution >= 4 is 41.2 Å². The summed E-state index contributed by atoms with van der Waals surface area (Å²) in [7, 11) is 1.34. The Morgan fingerprint density at radius 1 is 1.03 bits per heavy atom. The van der Waals surface area contributed by atoms with Gasteiger partial charge in [-0.15, -0.1) is 0 Å². The van der Waals surface area contributed by atoms with E-state index in [1.165, 1.54) is 25.3 Å². The van der Waals surface area contributed by atoms with Crippen LogP contribution in [0.15, 0.2) is 72.3 Å². The van der Waals surface area contributed by atoms with Gasteiger partial charge in [0.1, 0.15) is 17.9 Å². The van der Waals surface area contributed by atoms with Crippen LogP contribution in [0.3, 0.4) is 0 Å². The number of amides is 4. The first-order valence-corrected chi connectivity index (χ1v) is 10.5. The van der Waals surface area contributed by atoms with Gasteiger partial charge < -0.3 is 14.6 Å². The Hall–Kier alpha value is -4.30. The van der Waals surface area contributed by atoms with Gasteiger partial charge in [-0.3, -0.25) is 14.9 Å². The summed E-state index contributed by atoms with van der Waals surface area (Å²) in [4.78, 5) is 38.8. The minimum Gasteiger partial charge on any atom is -0.503 e. The highest BCUT2D eigenvalue weighted by molar-refractivity contribution is 6.39. The third kappa shape index (κ3) is 4.72. The third-order valence-electron chi connectivity index (χ3n) is 5.03. The Bertz CT molecular complexity index is 1290. The highest BCUT2D eigenvalue weighted by atomic mass is 35.5. The van der Waals surface area contributed by atoms with Gasteiger partial charge in [0.25, 0.3) is 11.8 Å². The Kier molecular flexibility index (Phi) is 6.51. The van der Waals surface area contributed by atoms with Crippen LogP contribution >= 0.6 is 11.6 Å². The smallest absolute Gasteiger partial charge is 0.335 e. The average Bonchev–Trinajstić information content (AvgIpc) is 2.84. The fraction of sp³-hybridized carbons (Fsp3) is 0.0800. The van der Waals surface area contributed by atoms with E-state index in [1.807, 2.05) is 30.3 Å². The number of hydrogen-bond acceptors (Lipinski definition) is 6. The van der Waals surface area contributed by atoms with E-state index in [2.05, 4.69) is 5.32 Å². The molecule has 34 heavy (non-hydrogen) atoms. The van der Waals surface area contributed by atoms with E-state index >= 15 is 0 Å². The van der Waals surface area contributed by atoms with Gasteiger partial charge in [0.05, 0.1) is 17.8 Å². The molecule has 1 saturated heterocycles. The van der Waals surface area contributed by atoms with Crippen molar-refractivity contribution < 1.29 is 29.0 Å². The number of halogens is 1. The molecule has 0 radical (unpaired) electrons. The van der Waals surface area contributed by atoms with Crippen molar-refractivity contribution in [2.45, 2.75) is 6.61 Å². The summed E-state index contributed by atoms with van der Waals surface area (Å²) in [6.07, 6.45) is 1.27. The maximum absolute atomic E-state index is 13.1. The molecule has 1 aliphatic heterocycles. The summed E-state index contributed by atoms with van der Waals surface area (Å²) in [5.41, 5.74) is 1.30. The lowest BCUT2D eigenvalue weighted by molar-refractivity contribution is -0.122. The highest BCUT2D eigenvalue weighted by Gasteiger charge is 2.36. The van der Waals surface area contributed by atoms with Crippen LogP contribution in [0, 0.1) is 0 Å². The van der Waals surface area contributed by atoms with Crippen molar-refractivity contribution in [3.63, 3.8) is 0 Å². The molecule has 2 N–H and O–H groups in total. The summed E-state index contributed by atoms with van der Waals surface area (Å²) < 4.78 is 10.8. The lowest BCUT2D eigenvalue weighted by Crippen LogP contribution is -2.54. The molecule has 0 unspecified atom stereocenters. The van der Waals surface area contributed by atoms with Gasteiger partial charge in [-0.1, -0.05) is 41.9 Å². The first-order chi connectivity index (χ1) is 16.4. The van der Waals surface area contributed by atoms with Crippen LogP contribution in [-0.4, -0.2) is 30.1 Å². The molecule has 0 aliphatic carbocycles. The second-order valence-corrected chi connectivity index (χ2v) is 7.69. The monoisotopic (exact) mass is 478 g/mol. The van der Waals surface area contributed by atoms with Crippen LogP contribution in [0.4, 0.5) is 10.5 Å². The number of phenols is 1. The second kappa shape index (κ2) is 9.68. The molecule has 0 saturated carbocycles. The quantitative estimate of drug-likeness (QED) is 0.404. The number of nitrogens with zero attached hydrogens (tertiary/aromatic N) is 1. The number of urea groups is 1. The number of nitrogens with one attached hydrogen (secondary N) is 1. The zero-order chi connectivity index (χ0) is 24.2. The van der Waals surface area contributed by atoms with Crippen molar-refractivity contribution in [1.29, 1.82) is 0 Å². The number of barbiturate groups is 1. The van der Waals surface area contributed by atoms with E-state index < -0.39 is 17.8 Å². The van der Waals surface area contributed by atoms with Crippen LogP contribution in [0.1, 0.15) is 11.1 Å². The number of phenolic OH excluding ortho intramolecular Hbond substituents is 1. The number of aromatic hydroxyl groups is 1. The molecule has 3 aromatic rings. The molecule has 0 spiro atoms. The number of carbonyl (C=O) groups is 3. The van der Waals surface area contributed by atoms with Gasteiger partial charge in [0.2, 0.25) is 0 Å². The number of ether oxygens (including phenoxy) is 2. The standard InChI is InChI=1S/C25H19ClN2O6/c1-33-21-13-16(12-20(26)22(21)29)11-19-23(30)27-25(32)28(24(19)31)17-7-9-18(10-8-17)34-14-15-5-3-2-4-6-15/h2-13,29H,14H2,1H3,(H,27,30,32). The zero-order valence-corrected chi connectivity index (χ0v) is 18.7. The summed E-state index contributed by atoms with van der Waals surface area (Å²) in [6, 6.07) is 17.9. The van der Waals surface area contributed by atoms with Crippen LogP contribution < -0.4 is 19.7 Å². The molecule has 3 aromatic carbocycles. The molecular formula is C25H19ClN2O6. The first-order valence-electron chi connectivity index (χ1n) is 10.1. The first kappa shape index (κ1) is 22.9. The Labute approximate surface area is 200 Å². The lowest BCUT2D eigenvalue weighted by Gasteiger charge is -2.26. The van der Waals surface area contributed by atoms with Crippen molar-refractivity contribution in [2.24, 2.45) is 0 Å². The normalized spacial score (nSPS) is 14.8. The molecule has 0 aromatic heterocycles. The van der Waals surface area contributed by atoms with Crippen molar-refractivity contribution in [3.05, 3.63) is 88.5 Å². The maximum Gasteiger partial charge on any atom is 0.335 e. The van der Waals surface area contributed by atoms with Gasteiger partial charge in [-0.2, -0.15) is 0 Å². The molecule has 172 valence electrons. The van der Waals surface area contributed by atoms with Gasteiger partial charge in [0.15, 0.2) is 11.5 Å². The van der Waals surface area contributed by atoms with E-state index in [9.17, 15) is 19.5 Å². The van der Waals surface area contributed by atoms with Crippen molar-refractivity contribution in [2.75, 3.05) is 12.0 Å². The molecule has 0 atom stereocenters. The molecule has 0 bridgehead atoms. The van der Waals surface area contributed by atoms with Crippen molar-refractivity contribution in [3.8, 4) is 17.2 Å². The molecule has 1 fully saturated rings. The van der Waals surface area contributed by atoms with Gasteiger partial charge >= 0.3 is 6.03 Å². The van der Waals surface area contributed by atoms with Crippen molar-refractivity contribution in [1.82, 2.24) is 5.32 Å². The average molecular weight is 479 g/mol.